The number of hydrogen-bond acceptors (Lipinski definition) is 1. The Bertz CT molecular complexity index is 884. The smallest absolute Gasteiger partial charge is 0.354 e. The van der Waals surface area contributed by atoms with E-state index in [1.165, 1.54) is 12.1 Å². The highest BCUT2D eigenvalue weighted by atomic mass is 127. The van der Waals surface area contributed by atoms with Crippen LogP contribution in [-0.2, 0) is 12.6 Å². The zero-order valence-corrected chi connectivity index (χ0v) is 15.6. The number of nitrogens with two attached hydrogens (primary N) is 1. The maximum Gasteiger partial charge on any atom is 0.417 e. The first-order valence-corrected chi connectivity index (χ1v) is 9.16. The van der Waals surface area contributed by atoms with Crippen LogP contribution in [0.3, 0.4) is 0 Å². The van der Waals surface area contributed by atoms with E-state index in [1.54, 1.807) is 6.07 Å². The summed E-state index contributed by atoms with van der Waals surface area (Å²) in [5, 5.41) is 0.982. The zero-order valence-electron chi connectivity index (χ0n) is 13.5. The van der Waals surface area contributed by atoms with Crippen molar-refractivity contribution in [3.05, 3.63) is 57.2 Å². The fourth-order valence-corrected chi connectivity index (χ4v) is 3.60. The molecule has 0 aliphatic heterocycles. The summed E-state index contributed by atoms with van der Waals surface area (Å²) < 4.78 is 41.4. The lowest BCUT2D eigenvalue weighted by Gasteiger charge is -2.13. The Labute approximate surface area is 157 Å². The van der Waals surface area contributed by atoms with Gasteiger partial charge in [0.15, 0.2) is 0 Å². The third-order valence-electron chi connectivity index (χ3n) is 4.25. The number of H-pyrrole nitrogens is 1. The van der Waals surface area contributed by atoms with Crippen LogP contribution >= 0.6 is 22.6 Å². The van der Waals surface area contributed by atoms with Gasteiger partial charge < -0.3 is 10.7 Å². The van der Waals surface area contributed by atoms with Crippen molar-refractivity contribution in [3.8, 4) is 11.3 Å². The summed E-state index contributed by atoms with van der Waals surface area (Å²) in [5.74, 6) is 0. The van der Waals surface area contributed by atoms with Crippen molar-refractivity contribution in [2.75, 3.05) is 6.54 Å². The fourth-order valence-electron chi connectivity index (χ4n) is 3.10. The minimum atomic E-state index is -4.39. The Morgan fingerprint density at radius 2 is 1.80 bits per heavy atom. The molecule has 3 N–H and O–H groups in total. The molecule has 0 aliphatic rings. The van der Waals surface area contributed by atoms with Crippen molar-refractivity contribution < 1.29 is 13.2 Å². The molecule has 0 fully saturated rings. The standard InChI is InChI=1S/C19H18F3IN2/c20-19(21,22)16-7-2-1-6-14(16)18-13(5-3-4-10-24)15-11-12(23)8-9-17(15)25-18/h1-2,6-9,11,25H,3-5,10,24H2. The van der Waals surface area contributed by atoms with Crippen LogP contribution in [0.25, 0.3) is 22.2 Å². The van der Waals surface area contributed by atoms with E-state index >= 15 is 0 Å². The van der Waals surface area contributed by atoms with Gasteiger partial charge in [-0.2, -0.15) is 13.2 Å². The number of fused-ring (bicyclic) bond motifs is 1. The predicted octanol–water partition coefficient (Wildman–Crippen LogP) is 5.74. The molecule has 0 saturated carbocycles. The highest BCUT2D eigenvalue weighted by Crippen LogP contribution is 2.40. The van der Waals surface area contributed by atoms with E-state index in [1.807, 2.05) is 18.2 Å². The molecule has 0 spiro atoms. The van der Waals surface area contributed by atoms with Crippen LogP contribution in [0.2, 0.25) is 0 Å². The molecular weight excluding hydrogens is 440 g/mol. The van der Waals surface area contributed by atoms with Gasteiger partial charge in [0, 0.05) is 20.0 Å². The van der Waals surface area contributed by atoms with E-state index in [0.717, 1.165) is 38.9 Å². The van der Waals surface area contributed by atoms with Gasteiger partial charge in [0.2, 0.25) is 0 Å². The number of aromatic nitrogens is 1. The lowest BCUT2D eigenvalue weighted by Crippen LogP contribution is -2.07. The average molecular weight is 458 g/mol. The predicted molar refractivity (Wildman–Crippen MR) is 103 cm³/mol. The van der Waals surface area contributed by atoms with E-state index in [4.69, 9.17) is 5.73 Å². The summed E-state index contributed by atoms with van der Waals surface area (Å²) >= 11 is 2.22. The van der Waals surface area contributed by atoms with Gasteiger partial charge >= 0.3 is 6.18 Å². The second kappa shape index (κ2) is 7.37. The Balaban J connectivity index is 2.21. The monoisotopic (exact) mass is 458 g/mol. The first-order valence-electron chi connectivity index (χ1n) is 8.08. The third-order valence-corrected chi connectivity index (χ3v) is 4.92. The minimum absolute atomic E-state index is 0.198. The van der Waals surface area contributed by atoms with Crippen molar-refractivity contribution >= 4 is 33.5 Å². The summed E-state index contributed by atoms with van der Waals surface area (Å²) in [6.45, 7) is 0.578. The van der Waals surface area contributed by atoms with E-state index in [9.17, 15) is 13.2 Å². The highest BCUT2D eigenvalue weighted by molar-refractivity contribution is 14.1. The van der Waals surface area contributed by atoms with Gasteiger partial charge in [-0.25, -0.2) is 0 Å². The van der Waals surface area contributed by atoms with Crippen LogP contribution < -0.4 is 5.73 Å². The summed E-state index contributed by atoms with van der Waals surface area (Å²) in [7, 11) is 0. The molecule has 0 unspecified atom stereocenters. The third kappa shape index (κ3) is 3.84. The number of aromatic amines is 1. The van der Waals surface area contributed by atoms with Crippen molar-refractivity contribution in [2.45, 2.75) is 25.4 Å². The second-order valence-electron chi connectivity index (χ2n) is 5.96. The van der Waals surface area contributed by atoms with Gasteiger partial charge in [0.05, 0.1) is 11.3 Å². The molecule has 132 valence electrons. The van der Waals surface area contributed by atoms with Gasteiger partial charge in [0.1, 0.15) is 0 Å². The Morgan fingerprint density at radius 3 is 2.52 bits per heavy atom. The normalized spacial score (nSPS) is 12.0. The molecule has 2 nitrogen and oxygen atoms in total. The fraction of sp³-hybridized carbons (Fsp3) is 0.263. The summed E-state index contributed by atoms with van der Waals surface area (Å²) in [4.78, 5) is 3.21. The Kier molecular flexibility index (Phi) is 5.38. The number of alkyl halides is 3. The van der Waals surface area contributed by atoms with Crippen LogP contribution in [0.1, 0.15) is 24.0 Å². The van der Waals surface area contributed by atoms with E-state index in [2.05, 4.69) is 27.6 Å². The zero-order chi connectivity index (χ0) is 18.0. The first kappa shape index (κ1) is 18.3. The first-order chi connectivity index (χ1) is 11.9. The maximum atomic E-state index is 13.5. The number of hydrogen-bond donors (Lipinski definition) is 2. The number of unbranched alkanes of at least 4 members (excludes halogenated alkanes) is 1. The van der Waals surface area contributed by atoms with Gasteiger partial charge in [-0.3, -0.25) is 0 Å². The molecular formula is C19H18F3IN2. The lowest BCUT2D eigenvalue weighted by molar-refractivity contribution is -0.137. The van der Waals surface area contributed by atoms with Crippen molar-refractivity contribution in [1.29, 1.82) is 0 Å². The largest absolute Gasteiger partial charge is 0.417 e. The number of aryl methyl sites for hydroxylation is 1. The molecule has 3 aromatic rings. The molecule has 3 rings (SSSR count). The summed E-state index contributed by atoms with van der Waals surface area (Å²) in [6, 6.07) is 11.6. The summed E-state index contributed by atoms with van der Waals surface area (Å²) in [6.07, 6.45) is -2.01. The molecule has 1 aromatic heterocycles. The minimum Gasteiger partial charge on any atom is -0.354 e. The number of nitrogens with one attached hydrogen (secondary N) is 1. The molecule has 6 heteroatoms. The van der Waals surface area contributed by atoms with Crippen LogP contribution in [-0.4, -0.2) is 11.5 Å². The van der Waals surface area contributed by atoms with Crippen molar-refractivity contribution in [3.63, 3.8) is 0 Å². The molecule has 0 radical (unpaired) electrons. The molecule has 0 amide bonds. The van der Waals surface area contributed by atoms with E-state index in [-0.39, 0.29) is 5.56 Å². The van der Waals surface area contributed by atoms with E-state index in [0.29, 0.717) is 18.7 Å². The topological polar surface area (TPSA) is 41.8 Å². The Hall–Kier alpha value is -1.54. The van der Waals surface area contributed by atoms with Gasteiger partial charge in [-0.05, 0) is 78.2 Å². The van der Waals surface area contributed by atoms with Crippen molar-refractivity contribution in [1.82, 2.24) is 4.98 Å². The number of rotatable bonds is 5. The molecule has 1 heterocycles. The number of halogens is 4. The maximum absolute atomic E-state index is 13.5. The summed E-state index contributed by atoms with van der Waals surface area (Å²) in [5.41, 5.74) is 7.50. The Morgan fingerprint density at radius 1 is 1.04 bits per heavy atom. The van der Waals surface area contributed by atoms with E-state index < -0.39 is 11.7 Å². The molecule has 2 aromatic carbocycles. The SMILES string of the molecule is NCCCCc1c(-c2ccccc2C(F)(F)F)[nH]c2ccc(I)cc12. The van der Waals surface area contributed by atoms with Crippen LogP contribution in [0, 0.1) is 3.57 Å². The molecule has 0 bridgehead atoms. The van der Waals surface area contributed by atoms with Gasteiger partial charge in [-0.15, -0.1) is 0 Å². The van der Waals surface area contributed by atoms with Gasteiger partial charge in [-0.1, -0.05) is 18.2 Å². The van der Waals surface area contributed by atoms with Crippen LogP contribution in [0.15, 0.2) is 42.5 Å². The van der Waals surface area contributed by atoms with Crippen molar-refractivity contribution in [2.24, 2.45) is 5.73 Å². The van der Waals surface area contributed by atoms with Crippen LogP contribution in [0.4, 0.5) is 13.2 Å². The average Bonchev–Trinajstić information content (AvgIpc) is 2.92. The van der Waals surface area contributed by atoms with Crippen LogP contribution in [0.5, 0.6) is 0 Å². The second-order valence-corrected chi connectivity index (χ2v) is 7.20. The molecule has 0 saturated heterocycles. The van der Waals surface area contributed by atoms with Gasteiger partial charge in [0.25, 0.3) is 0 Å². The quantitative estimate of drug-likeness (QED) is 0.372. The lowest BCUT2D eigenvalue weighted by atomic mass is 9.97. The molecule has 0 aliphatic carbocycles. The highest BCUT2D eigenvalue weighted by Gasteiger charge is 2.34. The molecule has 0 atom stereocenters. The number of benzene rings is 2. The molecule has 25 heavy (non-hydrogen) atoms.